The zero-order chi connectivity index (χ0) is 27.8. The molecule has 40 heavy (non-hydrogen) atoms. The van der Waals surface area contributed by atoms with Gasteiger partial charge in [0.1, 0.15) is 11.6 Å². The first kappa shape index (κ1) is 26.3. The highest BCUT2D eigenvalue weighted by Gasteiger charge is 2.27. The van der Waals surface area contributed by atoms with Crippen LogP contribution >= 0.6 is 0 Å². The number of nitrogens with one attached hydrogen (secondary N) is 2. The van der Waals surface area contributed by atoms with Gasteiger partial charge in [-0.3, -0.25) is 19.8 Å². The number of piperazine rings is 1. The summed E-state index contributed by atoms with van der Waals surface area (Å²) >= 11 is 0. The maximum atomic E-state index is 15.1. The van der Waals surface area contributed by atoms with Crippen molar-refractivity contribution in [2.24, 2.45) is 0 Å². The molecule has 0 atom stereocenters. The third kappa shape index (κ3) is 5.27. The SMILES string of the molecule is COC1CN(Cc2cc(F)c(-c3cc4c(NC(=O)c5ccc(N6CCN(C)CC6)cc5)n[nH]c4cn3)c(F)c2)C1. The molecule has 0 unspecified atom stereocenters. The van der Waals surface area contributed by atoms with E-state index in [-0.39, 0.29) is 29.1 Å². The van der Waals surface area contributed by atoms with Gasteiger partial charge in [0.15, 0.2) is 5.82 Å². The number of halogens is 2. The van der Waals surface area contributed by atoms with E-state index in [1.807, 2.05) is 12.1 Å². The number of anilines is 2. The second-order valence-electron chi connectivity index (χ2n) is 10.5. The molecule has 6 rings (SSSR count). The molecule has 2 fully saturated rings. The number of aromatic amines is 1. The molecule has 4 heterocycles. The van der Waals surface area contributed by atoms with Crippen LogP contribution in [-0.2, 0) is 11.3 Å². The van der Waals surface area contributed by atoms with Crippen molar-refractivity contribution < 1.29 is 18.3 Å². The number of ether oxygens (including phenoxy) is 1. The lowest BCUT2D eigenvalue weighted by Crippen LogP contribution is -2.50. The molecule has 2 saturated heterocycles. The maximum Gasteiger partial charge on any atom is 0.256 e. The number of likely N-dealkylation sites (N-methyl/N-ethyl adjacent to an activating group) is 1. The number of carbonyl (C=O) groups is 1. The van der Waals surface area contributed by atoms with Crippen LogP contribution < -0.4 is 10.2 Å². The zero-order valence-corrected chi connectivity index (χ0v) is 22.5. The average Bonchev–Trinajstić information content (AvgIpc) is 3.32. The smallest absolute Gasteiger partial charge is 0.256 e. The van der Waals surface area contributed by atoms with E-state index in [0.717, 1.165) is 45.0 Å². The first-order valence-corrected chi connectivity index (χ1v) is 13.3. The van der Waals surface area contributed by atoms with Gasteiger partial charge in [-0.2, -0.15) is 5.10 Å². The minimum atomic E-state index is -0.694. The minimum absolute atomic E-state index is 0.117. The van der Waals surface area contributed by atoms with Crippen LogP contribution in [0, 0.1) is 11.6 Å². The van der Waals surface area contributed by atoms with E-state index in [9.17, 15) is 4.79 Å². The van der Waals surface area contributed by atoms with Crippen LogP contribution in [0.5, 0.6) is 0 Å². The fourth-order valence-electron chi connectivity index (χ4n) is 5.24. The highest BCUT2D eigenvalue weighted by atomic mass is 19.1. The maximum absolute atomic E-state index is 15.1. The highest BCUT2D eigenvalue weighted by molar-refractivity contribution is 6.08. The molecule has 2 N–H and O–H groups in total. The number of fused-ring (bicyclic) bond motifs is 1. The van der Waals surface area contributed by atoms with Gasteiger partial charge in [-0.15, -0.1) is 0 Å². The summed E-state index contributed by atoms with van der Waals surface area (Å²) in [5.41, 5.74) is 2.53. The van der Waals surface area contributed by atoms with Crippen molar-refractivity contribution in [1.29, 1.82) is 0 Å². The predicted octanol–water partition coefficient (Wildman–Crippen LogP) is 3.74. The van der Waals surface area contributed by atoms with Gasteiger partial charge in [0, 0.05) is 69.6 Å². The lowest BCUT2D eigenvalue weighted by atomic mass is 10.0. The molecule has 0 radical (unpaired) electrons. The molecule has 2 aliphatic rings. The van der Waals surface area contributed by atoms with Crippen LogP contribution in [0.25, 0.3) is 22.2 Å². The number of hydrogen-bond acceptors (Lipinski definition) is 7. The van der Waals surface area contributed by atoms with Gasteiger partial charge in [0.05, 0.1) is 29.1 Å². The van der Waals surface area contributed by atoms with Gasteiger partial charge in [0.2, 0.25) is 0 Å². The van der Waals surface area contributed by atoms with E-state index in [2.05, 4.69) is 42.2 Å². The van der Waals surface area contributed by atoms with Gasteiger partial charge in [-0.25, -0.2) is 8.78 Å². The molecule has 1 amide bonds. The third-order valence-corrected chi connectivity index (χ3v) is 7.70. The van der Waals surface area contributed by atoms with Crippen LogP contribution in [0.1, 0.15) is 15.9 Å². The van der Waals surface area contributed by atoms with Crippen molar-refractivity contribution in [3.8, 4) is 11.3 Å². The first-order chi connectivity index (χ1) is 19.4. The number of H-pyrrole nitrogens is 1. The number of rotatable bonds is 7. The first-order valence-electron chi connectivity index (χ1n) is 13.3. The van der Waals surface area contributed by atoms with E-state index in [1.165, 1.54) is 24.4 Å². The Morgan fingerprint density at radius 1 is 1.07 bits per heavy atom. The molecule has 2 aliphatic heterocycles. The van der Waals surface area contributed by atoms with Crippen molar-refractivity contribution in [3.05, 3.63) is 71.4 Å². The Morgan fingerprint density at radius 2 is 1.77 bits per heavy atom. The molecule has 9 nitrogen and oxygen atoms in total. The Bertz CT molecular complexity index is 1500. The largest absolute Gasteiger partial charge is 0.379 e. The van der Waals surface area contributed by atoms with Gasteiger partial charge in [0.25, 0.3) is 5.91 Å². The number of aromatic nitrogens is 3. The van der Waals surface area contributed by atoms with E-state index < -0.39 is 11.6 Å². The van der Waals surface area contributed by atoms with Crippen molar-refractivity contribution in [3.63, 3.8) is 0 Å². The Hall–Kier alpha value is -3.93. The van der Waals surface area contributed by atoms with Crippen LogP contribution in [0.4, 0.5) is 20.3 Å². The number of hydrogen-bond donors (Lipinski definition) is 2. The quantitative estimate of drug-likeness (QED) is 0.365. The molecule has 2 aromatic heterocycles. The molecule has 0 spiro atoms. The number of nitrogens with zero attached hydrogens (tertiary/aromatic N) is 5. The zero-order valence-electron chi connectivity index (χ0n) is 22.5. The molecule has 0 saturated carbocycles. The monoisotopic (exact) mass is 547 g/mol. The van der Waals surface area contributed by atoms with E-state index in [0.29, 0.717) is 28.6 Å². The summed E-state index contributed by atoms with van der Waals surface area (Å²) in [5.74, 6) is -1.46. The second-order valence-corrected chi connectivity index (χ2v) is 10.5. The summed E-state index contributed by atoms with van der Waals surface area (Å²) in [7, 11) is 3.77. The molecule has 4 aromatic rings. The van der Waals surface area contributed by atoms with Gasteiger partial charge in [-0.1, -0.05) is 0 Å². The second kappa shape index (κ2) is 10.9. The minimum Gasteiger partial charge on any atom is -0.379 e. The van der Waals surface area contributed by atoms with Crippen molar-refractivity contribution in [2.45, 2.75) is 12.6 Å². The highest BCUT2D eigenvalue weighted by Crippen LogP contribution is 2.31. The summed E-state index contributed by atoms with van der Waals surface area (Å²) < 4.78 is 35.5. The summed E-state index contributed by atoms with van der Waals surface area (Å²) in [4.78, 5) is 23.9. The third-order valence-electron chi connectivity index (χ3n) is 7.70. The van der Waals surface area contributed by atoms with Gasteiger partial charge in [-0.05, 0) is 55.1 Å². The van der Waals surface area contributed by atoms with E-state index in [1.54, 1.807) is 19.2 Å². The molecule has 208 valence electrons. The van der Waals surface area contributed by atoms with Crippen LogP contribution in [0.3, 0.4) is 0 Å². The molecule has 0 bridgehead atoms. The topological polar surface area (TPSA) is 89.6 Å². The van der Waals surface area contributed by atoms with Crippen molar-refractivity contribution >= 4 is 28.3 Å². The fraction of sp³-hybridized carbons (Fsp3) is 0.345. The number of benzene rings is 2. The standard InChI is InChI=1S/C29H31F2N7O2/c1-36-7-9-38(10-8-36)20-5-3-19(4-6-20)29(39)33-28-22-13-25(32-14-26(22)34-35-28)27-23(30)11-18(12-24(27)31)15-37-16-21(17-37)40-2/h3-6,11-14,21H,7-10,15-17H2,1-2H3,(H2,33,34,35,39). The van der Waals surface area contributed by atoms with Crippen LogP contribution in [0.15, 0.2) is 48.7 Å². The summed E-state index contributed by atoms with van der Waals surface area (Å²) in [6.07, 6.45) is 1.62. The molecular formula is C29H31F2N7O2. The Morgan fingerprint density at radius 3 is 2.45 bits per heavy atom. The average molecular weight is 548 g/mol. The van der Waals surface area contributed by atoms with Gasteiger partial charge >= 0.3 is 0 Å². The predicted molar refractivity (Wildman–Crippen MR) is 149 cm³/mol. The summed E-state index contributed by atoms with van der Waals surface area (Å²) in [5, 5.41) is 10.3. The Kier molecular flexibility index (Phi) is 7.18. The molecule has 0 aliphatic carbocycles. The number of likely N-dealkylation sites (tertiary alicyclic amines) is 1. The molecule has 11 heteroatoms. The van der Waals surface area contributed by atoms with Gasteiger partial charge < -0.3 is 19.9 Å². The summed E-state index contributed by atoms with van der Waals surface area (Å²) in [6, 6.07) is 11.7. The summed E-state index contributed by atoms with van der Waals surface area (Å²) in [6.45, 7) is 5.77. The normalized spacial score (nSPS) is 16.9. The van der Waals surface area contributed by atoms with Crippen molar-refractivity contribution in [2.75, 3.05) is 63.6 Å². The van der Waals surface area contributed by atoms with E-state index in [4.69, 9.17) is 4.74 Å². The lowest BCUT2D eigenvalue weighted by Gasteiger charge is -2.38. The number of amides is 1. The van der Waals surface area contributed by atoms with Crippen LogP contribution in [-0.4, -0.2) is 90.4 Å². The van der Waals surface area contributed by atoms with Crippen LogP contribution in [0.2, 0.25) is 0 Å². The molecule has 2 aromatic carbocycles. The fourth-order valence-corrected chi connectivity index (χ4v) is 5.24. The lowest BCUT2D eigenvalue weighted by molar-refractivity contribution is -0.0334. The Labute approximate surface area is 230 Å². The van der Waals surface area contributed by atoms with Crippen molar-refractivity contribution in [1.82, 2.24) is 25.0 Å². The number of methoxy groups -OCH3 is 1. The number of pyridine rings is 1. The molecular weight excluding hydrogens is 516 g/mol. The Balaban J connectivity index is 1.18. The number of carbonyl (C=O) groups excluding carboxylic acids is 1. The van der Waals surface area contributed by atoms with E-state index >= 15 is 8.78 Å².